The van der Waals surface area contributed by atoms with Gasteiger partial charge in [0.2, 0.25) is 5.91 Å². The number of amides is 1. The number of hydrogen-bond donors (Lipinski definition) is 2. The molecule has 2 aromatic rings. The Morgan fingerprint density at radius 3 is 2.71 bits per heavy atom. The molecule has 1 amide bonds. The van der Waals surface area contributed by atoms with Gasteiger partial charge < -0.3 is 15.0 Å². The van der Waals surface area contributed by atoms with E-state index in [4.69, 9.17) is 4.74 Å². The van der Waals surface area contributed by atoms with Crippen molar-refractivity contribution in [1.82, 2.24) is 10.3 Å². The molecule has 6 nitrogen and oxygen atoms in total. The number of rotatable bonds is 1. The number of carbonyl (C=O) groups is 2. The van der Waals surface area contributed by atoms with Gasteiger partial charge in [-0.05, 0) is 31.4 Å². The Labute approximate surface area is 137 Å². The molecule has 1 aromatic carbocycles. The lowest BCUT2D eigenvalue weighted by Crippen LogP contribution is -2.39. The fraction of sp³-hybridized carbons (Fsp3) is 0.278. The van der Waals surface area contributed by atoms with Crippen molar-refractivity contribution in [1.29, 1.82) is 0 Å². The molecule has 3 heterocycles. The number of aromatic amines is 1. The molecule has 6 heteroatoms. The van der Waals surface area contributed by atoms with Crippen molar-refractivity contribution in [2.45, 2.75) is 31.8 Å². The van der Waals surface area contributed by atoms with E-state index in [1.54, 1.807) is 19.9 Å². The molecule has 1 aromatic heterocycles. The molecule has 0 aliphatic carbocycles. The van der Waals surface area contributed by atoms with Gasteiger partial charge in [-0.15, -0.1) is 0 Å². The lowest BCUT2D eigenvalue weighted by Gasteiger charge is -2.26. The van der Waals surface area contributed by atoms with E-state index < -0.39 is 17.5 Å². The topological polar surface area (TPSA) is 88.3 Å². The molecule has 0 saturated carbocycles. The van der Waals surface area contributed by atoms with Crippen molar-refractivity contribution in [2.75, 3.05) is 0 Å². The van der Waals surface area contributed by atoms with Crippen LogP contribution in [-0.2, 0) is 14.3 Å². The second-order valence-electron chi connectivity index (χ2n) is 6.63. The normalized spacial score (nSPS) is 22.3. The molecular weight excluding hydrogens is 308 g/mol. The second-order valence-corrected chi connectivity index (χ2v) is 6.63. The highest BCUT2D eigenvalue weighted by Crippen LogP contribution is 2.42. The summed E-state index contributed by atoms with van der Waals surface area (Å²) in [6.45, 7) is 3.45. The number of ether oxygens (including phenoxy) is 1. The number of hydrogen-bond acceptors (Lipinski definition) is 4. The molecule has 0 fully saturated rings. The predicted octanol–water partition coefficient (Wildman–Crippen LogP) is 1.72. The highest BCUT2D eigenvalue weighted by atomic mass is 16.6. The number of benzene rings is 1. The Morgan fingerprint density at radius 2 is 1.92 bits per heavy atom. The van der Waals surface area contributed by atoms with Gasteiger partial charge in [-0.3, -0.25) is 9.59 Å². The van der Waals surface area contributed by atoms with Crippen molar-refractivity contribution in [3.63, 3.8) is 0 Å². The molecule has 4 rings (SSSR count). The van der Waals surface area contributed by atoms with Crippen LogP contribution in [0.25, 0.3) is 10.9 Å². The minimum Gasteiger partial charge on any atom is -0.450 e. The van der Waals surface area contributed by atoms with E-state index >= 15 is 0 Å². The third-order valence-corrected chi connectivity index (χ3v) is 4.60. The van der Waals surface area contributed by atoms with E-state index in [9.17, 15) is 14.4 Å². The van der Waals surface area contributed by atoms with Gasteiger partial charge in [0.1, 0.15) is 5.60 Å². The molecule has 2 N–H and O–H groups in total. The smallest absolute Gasteiger partial charge is 0.337 e. The van der Waals surface area contributed by atoms with Gasteiger partial charge >= 0.3 is 5.97 Å². The molecule has 1 atom stereocenters. The number of aromatic nitrogens is 1. The summed E-state index contributed by atoms with van der Waals surface area (Å²) in [7, 11) is 0. The average Bonchev–Trinajstić information content (AvgIpc) is 2.75. The maximum atomic E-state index is 12.5. The minimum atomic E-state index is -0.898. The second kappa shape index (κ2) is 4.80. The Morgan fingerprint density at radius 1 is 1.17 bits per heavy atom. The summed E-state index contributed by atoms with van der Waals surface area (Å²) in [4.78, 5) is 39.8. The number of para-hydroxylation sites is 1. The first-order valence-corrected chi connectivity index (χ1v) is 7.76. The van der Waals surface area contributed by atoms with Crippen LogP contribution >= 0.6 is 0 Å². The number of nitrogens with one attached hydrogen (secondary N) is 2. The van der Waals surface area contributed by atoms with Gasteiger partial charge in [-0.25, -0.2) is 4.79 Å². The van der Waals surface area contributed by atoms with Gasteiger partial charge in [0.25, 0.3) is 5.56 Å². The molecule has 0 saturated heterocycles. The van der Waals surface area contributed by atoms with Crippen LogP contribution in [0.3, 0.4) is 0 Å². The molecule has 2 aliphatic heterocycles. The van der Waals surface area contributed by atoms with Gasteiger partial charge in [0, 0.05) is 23.4 Å². The Hall–Kier alpha value is -2.89. The zero-order valence-corrected chi connectivity index (χ0v) is 13.3. The summed E-state index contributed by atoms with van der Waals surface area (Å²) >= 11 is 0. The summed E-state index contributed by atoms with van der Waals surface area (Å²) in [6, 6.07) is 9.15. The van der Waals surface area contributed by atoms with Gasteiger partial charge in [0.05, 0.1) is 11.3 Å². The van der Waals surface area contributed by atoms with Gasteiger partial charge in [-0.1, -0.05) is 18.2 Å². The van der Waals surface area contributed by atoms with E-state index in [1.165, 1.54) is 0 Å². The quantitative estimate of drug-likeness (QED) is 0.782. The number of H-pyrrole nitrogens is 1. The Kier molecular flexibility index (Phi) is 2.94. The van der Waals surface area contributed by atoms with Crippen LogP contribution in [0.2, 0.25) is 0 Å². The maximum absolute atomic E-state index is 12.5. The monoisotopic (exact) mass is 324 g/mol. The molecule has 0 unspecified atom stereocenters. The summed E-state index contributed by atoms with van der Waals surface area (Å²) < 4.78 is 5.38. The number of pyridine rings is 1. The van der Waals surface area contributed by atoms with Gasteiger partial charge in [-0.2, -0.15) is 0 Å². The predicted molar refractivity (Wildman–Crippen MR) is 87.3 cm³/mol. The maximum Gasteiger partial charge on any atom is 0.337 e. The number of fused-ring (bicyclic) bond motifs is 1. The zero-order valence-electron chi connectivity index (χ0n) is 13.3. The molecule has 2 aliphatic rings. The summed E-state index contributed by atoms with van der Waals surface area (Å²) in [5.41, 5.74) is 0.768. The van der Waals surface area contributed by atoms with Crippen molar-refractivity contribution in [3.8, 4) is 0 Å². The first-order valence-electron chi connectivity index (χ1n) is 7.76. The summed E-state index contributed by atoms with van der Waals surface area (Å²) in [5, 5.41) is 3.59. The van der Waals surface area contributed by atoms with Crippen LogP contribution in [0.15, 0.2) is 46.4 Å². The van der Waals surface area contributed by atoms with E-state index in [0.29, 0.717) is 16.8 Å². The average molecular weight is 324 g/mol. The van der Waals surface area contributed by atoms with Crippen molar-refractivity contribution in [3.05, 3.63) is 57.5 Å². The highest BCUT2D eigenvalue weighted by molar-refractivity contribution is 5.99. The van der Waals surface area contributed by atoms with Crippen LogP contribution in [0, 0.1) is 0 Å². The van der Waals surface area contributed by atoms with E-state index in [2.05, 4.69) is 10.3 Å². The lowest BCUT2D eigenvalue weighted by molar-refractivity contribution is -0.144. The molecule has 0 spiro atoms. The van der Waals surface area contributed by atoms with E-state index in [-0.39, 0.29) is 17.9 Å². The first-order chi connectivity index (χ1) is 11.4. The van der Waals surface area contributed by atoms with Crippen LogP contribution in [-0.4, -0.2) is 22.5 Å². The third kappa shape index (κ3) is 2.06. The highest BCUT2D eigenvalue weighted by Gasteiger charge is 2.48. The number of cyclic esters (lactones) is 1. The van der Waals surface area contributed by atoms with Crippen LogP contribution < -0.4 is 10.9 Å². The fourth-order valence-corrected chi connectivity index (χ4v) is 3.46. The fourth-order valence-electron chi connectivity index (χ4n) is 3.46. The largest absolute Gasteiger partial charge is 0.450 e. The number of carbonyl (C=O) groups excluding carboxylic acids is 2. The standard InChI is InChI=1S/C18H16N2O4/c1-18(2)15-14(17(23)24-18)10(8-13(21)20-15)11-7-9-5-3-4-6-12(9)19-16(11)22/h3-7,10H,8H2,1-2H3,(H,19,22)(H,20,21)/t10-/m1/s1. The number of esters is 1. The van der Waals surface area contributed by atoms with Crippen molar-refractivity contribution < 1.29 is 14.3 Å². The minimum absolute atomic E-state index is 0.0471. The van der Waals surface area contributed by atoms with Crippen molar-refractivity contribution in [2.24, 2.45) is 0 Å². The first kappa shape index (κ1) is 14.7. The van der Waals surface area contributed by atoms with E-state index in [0.717, 1.165) is 10.9 Å². The lowest BCUT2D eigenvalue weighted by atomic mass is 9.83. The van der Waals surface area contributed by atoms with E-state index in [1.807, 2.05) is 24.3 Å². The van der Waals surface area contributed by atoms with Crippen LogP contribution in [0.5, 0.6) is 0 Å². The third-order valence-electron chi connectivity index (χ3n) is 4.60. The van der Waals surface area contributed by atoms with Crippen LogP contribution in [0.4, 0.5) is 0 Å². The molecule has 0 radical (unpaired) electrons. The SMILES string of the molecule is CC1(C)OC(=O)C2=C1NC(=O)C[C@@H]2c1cc2ccccc2[nH]c1=O. The summed E-state index contributed by atoms with van der Waals surface area (Å²) in [6.07, 6.45) is 0.0471. The summed E-state index contributed by atoms with van der Waals surface area (Å²) in [5.74, 6) is -1.30. The Bertz CT molecular complexity index is 984. The zero-order chi connectivity index (χ0) is 17.1. The Balaban J connectivity index is 1.94. The molecule has 0 bridgehead atoms. The van der Waals surface area contributed by atoms with Gasteiger partial charge in [0.15, 0.2) is 0 Å². The molecule has 122 valence electrons. The molecule has 24 heavy (non-hydrogen) atoms. The van der Waals surface area contributed by atoms with Crippen molar-refractivity contribution >= 4 is 22.8 Å². The van der Waals surface area contributed by atoms with Crippen LogP contribution in [0.1, 0.15) is 31.7 Å². The molecular formula is C18H16N2O4.